The highest BCUT2D eigenvalue weighted by Gasteiger charge is 2.67. The van der Waals surface area contributed by atoms with E-state index in [1.807, 2.05) is 6.07 Å². The van der Waals surface area contributed by atoms with Crippen LogP contribution in [0.15, 0.2) is 54.6 Å². The lowest BCUT2D eigenvalue weighted by Gasteiger charge is -2.27. The lowest BCUT2D eigenvalue weighted by atomic mass is 9.86. The van der Waals surface area contributed by atoms with E-state index in [2.05, 4.69) is 65.1 Å². The average Bonchev–Trinajstić information content (AvgIpc) is 3.10. The van der Waals surface area contributed by atoms with E-state index < -0.39 is 11.3 Å². The maximum Gasteiger partial charge on any atom is 0.232 e. The second-order valence-corrected chi connectivity index (χ2v) is 9.01. The maximum absolute atomic E-state index is 10.9. The van der Waals surface area contributed by atoms with Crippen molar-refractivity contribution in [3.8, 4) is 0 Å². The van der Waals surface area contributed by atoms with Crippen molar-refractivity contribution in [3.63, 3.8) is 0 Å². The molecule has 2 aromatic carbocycles. The number of aryl methyl sites for hydroxylation is 1. The molecule has 1 aliphatic heterocycles. The Hall–Kier alpha value is -1.53. The number of hydrogen-bond acceptors (Lipinski definition) is 2. The fraction of sp³-hybridized carbons (Fsp3) is 0.478. The van der Waals surface area contributed by atoms with Crippen LogP contribution in [0, 0.1) is 11.8 Å². The third-order valence-corrected chi connectivity index (χ3v) is 7.23. The SMILES string of the molecule is CCC1(c2cccc(CNS(=O)O)c2)C2CN(CCCc3ccccc3)CC21. The molecule has 150 valence electrons. The van der Waals surface area contributed by atoms with Gasteiger partial charge in [0.2, 0.25) is 11.3 Å². The Labute approximate surface area is 170 Å². The molecule has 2 N–H and O–H groups in total. The molecular formula is C23H30N2O2S. The summed E-state index contributed by atoms with van der Waals surface area (Å²) in [6.45, 7) is 6.34. The molecule has 28 heavy (non-hydrogen) atoms. The summed E-state index contributed by atoms with van der Waals surface area (Å²) in [5.41, 5.74) is 4.24. The first-order valence-electron chi connectivity index (χ1n) is 10.3. The number of likely N-dealkylation sites (tertiary alicyclic amines) is 1. The Morgan fingerprint density at radius 1 is 1.11 bits per heavy atom. The fourth-order valence-corrected chi connectivity index (χ4v) is 5.71. The molecule has 4 rings (SSSR count). The Bertz CT molecular complexity index is 814. The first-order chi connectivity index (χ1) is 13.6. The number of benzene rings is 2. The van der Waals surface area contributed by atoms with Gasteiger partial charge in [-0.25, -0.2) is 8.93 Å². The first kappa shape index (κ1) is 19.8. The van der Waals surface area contributed by atoms with Crippen molar-refractivity contribution in [2.75, 3.05) is 19.6 Å². The number of nitrogens with zero attached hydrogens (tertiary/aromatic N) is 1. The van der Waals surface area contributed by atoms with Crippen LogP contribution in [0.1, 0.15) is 36.5 Å². The summed E-state index contributed by atoms with van der Waals surface area (Å²) < 4.78 is 22.4. The van der Waals surface area contributed by atoms with E-state index in [4.69, 9.17) is 4.55 Å². The minimum Gasteiger partial charge on any atom is -0.303 e. The van der Waals surface area contributed by atoms with Crippen molar-refractivity contribution in [1.29, 1.82) is 0 Å². The van der Waals surface area contributed by atoms with Gasteiger partial charge < -0.3 is 4.90 Å². The molecular weight excluding hydrogens is 368 g/mol. The van der Waals surface area contributed by atoms with Gasteiger partial charge in [0, 0.05) is 25.0 Å². The molecule has 4 nitrogen and oxygen atoms in total. The van der Waals surface area contributed by atoms with Gasteiger partial charge in [-0.15, -0.1) is 0 Å². The number of rotatable bonds is 9. The highest BCUT2D eigenvalue weighted by molar-refractivity contribution is 7.77. The second-order valence-electron chi connectivity index (χ2n) is 8.23. The maximum atomic E-state index is 10.9. The molecule has 1 saturated heterocycles. The number of nitrogens with one attached hydrogen (secondary N) is 1. The van der Waals surface area contributed by atoms with Crippen LogP contribution < -0.4 is 4.72 Å². The molecule has 2 aliphatic rings. The highest BCUT2D eigenvalue weighted by atomic mass is 32.2. The zero-order chi connectivity index (χ0) is 19.6. The molecule has 1 aliphatic carbocycles. The smallest absolute Gasteiger partial charge is 0.232 e. The molecule has 0 spiro atoms. The molecule has 2 fully saturated rings. The van der Waals surface area contributed by atoms with Crippen molar-refractivity contribution in [2.24, 2.45) is 11.8 Å². The van der Waals surface area contributed by atoms with Gasteiger partial charge in [-0.1, -0.05) is 61.5 Å². The van der Waals surface area contributed by atoms with Gasteiger partial charge >= 0.3 is 0 Å². The van der Waals surface area contributed by atoms with E-state index in [1.165, 1.54) is 43.6 Å². The molecule has 1 saturated carbocycles. The molecule has 5 heteroatoms. The van der Waals surface area contributed by atoms with Crippen LogP contribution in [-0.2, 0) is 29.6 Å². The van der Waals surface area contributed by atoms with Crippen LogP contribution in [-0.4, -0.2) is 33.3 Å². The van der Waals surface area contributed by atoms with E-state index >= 15 is 0 Å². The molecule has 0 bridgehead atoms. The molecule has 1 heterocycles. The lowest BCUT2D eigenvalue weighted by molar-refractivity contribution is 0.266. The zero-order valence-corrected chi connectivity index (χ0v) is 17.3. The summed E-state index contributed by atoms with van der Waals surface area (Å²) >= 11 is -1.96. The average molecular weight is 399 g/mol. The van der Waals surface area contributed by atoms with Crippen LogP contribution in [0.5, 0.6) is 0 Å². The van der Waals surface area contributed by atoms with E-state index in [0.29, 0.717) is 12.0 Å². The minimum absolute atomic E-state index is 0.310. The largest absolute Gasteiger partial charge is 0.303 e. The van der Waals surface area contributed by atoms with Crippen LogP contribution in [0.4, 0.5) is 0 Å². The van der Waals surface area contributed by atoms with Gasteiger partial charge in [-0.2, -0.15) is 0 Å². The van der Waals surface area contributed by atoms with Crippen LogP contribution in [0.2, 0.25) is 0 Å². The van der Waals surface area contributed by atoms with Gasteiger partial charge in [0.25, 0.3) is 0 Å². The third kappa shape index (κ3) is 3.94. The van der Waals surface area contributed by atoms with E-state index in [-0.39, 0.29) is 0 Å². The standard InChI is InChI=1S/C23H30N2O2S/c1-2-23(20-12-6-10-19(14-20)15-24-28(26)27)21-16-25(17-22(21)23)13-7-11-18-8-4-3-5-9-18/h3-6,8-10,12,14,21-22,24H,2,7,11,13,15-17H2,1H3,(H,26,27). The second kappa shape index (κ2) is 8.46. The molecule has 3 unspecified atom stereocenters. The summed E-state index contributed by atoms with van der Waals surface area (Å²) in [5.74, 6) is 1.51. The zero-order valence-electron chi connectivity index (χ0n) is 16.5. The number of hydrogen-bond donors (Lipinski definition) is 2. The normalized spacial score (nSPS) is 27.5. The Balaban J connectivity index is 1.33. The third-order valence-electron chi connectivity index (χ3n) is 6.84. The highest BCUT2D eigenvalue weighted by Crippen LogP contribution is 2.65. The number of fused-ring (bicyclic) bond motifs is 1. The molecule has 0 aromatic heterocycles. The quantitative estimate of drug-likeness (QED) is 0.633. The first-order valence-corrected chi connectivity index (χ1v) is 11.4. The van der Waals surface area contributed by atoms with Crippen molar-refractivity contribution in [3.05, 3.63) is 71.3 Å². The van der Waals surface area contributed by atoms with Gasteiger partial charge in [0.1, 0.15) is 0 Å². The Morgan fingerprint density at radius 3 is 2.50 bits per heavy atom. The van der Waals surface area contributed by atoms with Crippen LogP contribution in [0.3, 0.4) is 0 Å². The van der Waals surface area contributed by atoms with Gasteiger partial charge in [0.15, 0.2) is 0 Å². The number of piperidine rings is 1. The molecule has 2 aromatic rings. The fourth-order valence-electron chi connectivity index (χ4n) is 5.42. The van der Waals surface area contributed by atoms with Crippen LogP contribution in [0.25, 0.3) is 0 Å². The predicted molar refractivity (Wildman–Crippen MR) is 114 cm³/mol. The molecule has 3 atom stereocenters. The van der Waals surface area contributed by atoms with E-state index in [0.717, 1.165) is 23.8 Å². The van der Waals surface area contributed by atoms with Gasteiger partial charge in [-0.05, 0) is 54.3 Å². The lowest BCUT2D eigenvalue weighted by Crippen LogP contribution is -2.31. The van der Waals surface area contributed by atoms with Crippen molar-refractivity contribution in [2.45, 2.75) is 38.1 Å². The molecule has 0 radical (unpaired) electrons. The summed E-state index contributed by atoms with van der Waals surface area (Å²) in [6, 6.07) is 19.4. The van der Waals surface area contributed by atoms with E-state index in [9.17, 15) is 4.21 Å². The van der Waals surface area contributed by atoms with Crippen molar-refractivity contribution < 1.29 is 8.76 Å². The topological polar surface area (TPSA) is 52.6 Å². The summed E-state index contributed by atoms with van der Waals surface area (Å²) in [5, 5.41) is 0. The Morgan fingerprint density at radius 2 is 1.82 bits per heavy atom. The Kier molecular flexibility index (Phi) is 5.97. The van der Waals surface area contributed by atoms with Crippen LogP contribution >= 0.6 is 0 Å². The van der Waals surface area contributed by atoms with Gasteiger partial charge in [0.05, 0.1) is 0 Å². The summed E-state index contributed by atoms with van der Waals surface area (Å²) in [6.07, 6.45) is 3.55. The minimum atomic E-state index is -1.96. The predicted octanol–water partition coefficient (Wildman–Crippen LogP) is 3.76. The molecule has 0 amide bonds. The van der Waals surface area contributed by atoms with E-state index in [1.54, 1.807) is 0 Å². The van der Waals surface area contributed by atoms with Gasteiger partial charge in [-0.3, -0.25) is 4.55 Å². The summed E-state index contributed by atoms with van der Waals surface area (Å²) in [7, 11) is 0. The monoisotopic (exact) mass is 398 g/mol. The van der Waals surface area contributed by atoms with Crippen molar-refractivity contribution in [1.82, 2.24) is 9.62 Å². The van der Waals surface area contributed by atoms with Crippen molar-refractivity contribution >= 4 is 11.3 Å². The summed E-state index contributed by atoms with van der Waals surface area (Å²) in [4.78, 5) is 2.65.